The van der Waals surface area contributed by atoms with Gasteiger partial charge < -0.3 is 10.1 Å². The van der Waals surface area contributed by atoms with Gasteiger partial charge in [-0.2, -0.15) is 0 Å². The number of ether oxygens (including phenoxy) is 1. The molecule has 4 heteroatoms. The number of amides is 1. The van der Waals surface area contributed by atoms with E-state index >= 15 is 0 Å². The summed E-state index contributed by atoms with van der Waals surface area (Å²) in [5, 5.41) is 3.18. The van der Waals surface area contributed by atoms with Gasteiger partial charge in [0, 0.05) is 5.56 Å². The first kappa shape index (κ1) is 21.4. The van der Waals surface area contributed by atoms with Gasteiger partial charge in [-0.05, 0) is 48.2 Å². The molecule has 2 aromatic rings. The van der Waals surface area contributed by atoms with Gasteiger partial charge >= 0.3 is 5.97 Å². The molecule has 1 atom stereocenters. The minimum atomic E-state index is -0.369. The average molecular weight is 380 g/mol. The first-order valence-corrected chi connectivity index (χ1v) is 9.83. The zero-order valence-corrected chi connectivity index (χ0v) is 16.9. The van der Waals surface area contributed by atoms with Crippen molar-refractivity contribution in [2.75, 3.05) is 7.11 Å². The van der Waals surface area contributed by atoms with Crippen molar-refractivity contribution in [1.82, 2.24) is 5.32 Å². The standard InChI is InChI=1S/C24H29NO3/c1-4-6-11-18(10-5-2)22(25-23(26)20-12-8-7-9-13-20)19-14-16-21(17-15-19)24(27)28-3/h7-9,11-17,22H,4-6,10H2,1-3H3,(H,25,26)/b18-11+. The molecular formula is C24H29NO3. The molecule has 28 heavy (non-hydrogen) atoms. The Bertz CT molecular complexity index is 794. The number of carbonyl (C=O) groups excluding carboxylic acids is 2. The molecule has 2 rings (SSSR count). The number of rotatable bonds is 9. The lowest BCUT2D eigenvalue weighted by Crippen LogP contribution is -2.30. The minimum absolute atomic E-state index is 0.110. The van der Waals surface area contributed by atoms with Crippen molar-refractivity contribution < 1.29 is 14.3 Å². The van der Waals surface area contributed by atoms with Gasteiger partial charge in [0.15, 0.2) is 0 Å². The highest BCUT2D eigenvalue weighted by Gasteiger charge is 2.20. The zero-order valence-electron chi connectivity index (χ0n) is 16.9. The third kappa shape index (κ3) is 5.81. The normalized spacial score (nSPS) is 12.3. The number of esters is 1. The van der Waals surface area contributed by atoms with Crippen molar-refractivity contribution in [1.29, 1.82) is 0 Å². The summed E-state index contributed by atoms with van der Waals surface area (Å²) in [4.78, 5) is 24.6. The van der Waals surface area contributed by atoms with Gasteiger partial charge in [-0.3, -0.25) is 4.79 Å². The Kier molecular flexibility index (Phi) is 8.47. The fraction of sp³-hybridized carbons (Fsp3) is 0.333. The lowest BCUT2D eigenvalue weighted by molar-refractivity contribution is 0.0600. The third-order valence-electron chi connectivity index (χ3n) is 4.58. The molecule has 0 aliphatic heterocycles. The summed E-state index contributed by atoms with van der Waals surface area (Å²) in [7, 11) is 1.37. The molecule has 4 nitrogen and oxygen atoms in total. The Balaban J connectivity index is 2.37. The van der Waals surface area contributed by atoms with Gasteiger partial charge in [0.2, 0.25) is 0 Å². The molecule has 148 valence electrons. The SMILES string of the molecule is CCC/C=C(\CCC)C(NC(=O)c1ccccc1)c1ccc(C(=O)OC)cc1. The summed E-state index contributed by atoms with van der Waals surface area (Å²) >= 11 is 0. The van der Waals surface area contributed by atoms with Crippen LogP contribution in [0.4, 0.5) is 0 Å². The minimum Gasteiger partial charge on any atom is -0.465 e. The van der Waals surface area contributed by atoms with Crippen molar-refractivity contribution in [2.45, 2.75) is 45.6 Å². The number of allylic oxidation sites excluding steroid dienone is 1. The highest BCUT2D eigenvalue weighted by atomic mass is 16.5. The van der Waals surface area contributed by atoms with Crippen molar-refractivity contribution >= 4 is 11.9 Å². The lowest BCUT2D eigenvalue weighted by atomic mass is 9.93. The molecule has 1 N–H and O–H groups in total. The molecule has 1 amide bonds. The van der Waals surface area contributed by atoms with Crippen molar-refractivity contribution in [2.24, 2.45) is 0 Å². The molecular weight excluding hydrogens is 350 g/mol. The fourth-order valence-corrected chi connectivity index (χ4v) is 3.11. The Labute approximate surface area is 167 Å². The molecule has 0 heterocycles. The predicted octanol–water partition coefficient (Wildman–Crippen LogP) is 5.47. The first-order valence-electron chi connectivity index (χ1n) is 9.83. The van der Waals surface area contributed by atoms with Crippen LogP contribution in [0.15, 0.2) is 66.2 Å². The second-order valence-electron chi connectivity index (χ2n) is 6.70. The van der Waals surface area contributed by atoms with Gasteiger partial charge in [-0.15, -0.1) is 0 Å². The van der Waals surface area contributed by atoms with E-state index in [-0.39, 0.29) is 17.9 Å². The number of carbonyl (C=O) groups is 2. The smallest absolute Gasteiger partial charge is 0.337 e. The molecule has 0 saturated carbocycles. The van der Waals surface area contributed by atoms with Crippen LogP contribution in [0, 0.1) is 0 Å². The average Bonchev–Trinajstić information content (AvgIpc) is 2.75. The van der Waals surface area contributed by atoms with Gasteiger partial charge in [0.05, 0.1) is 18.7 Å². The lowest BCUT2D eigenvalue weighted by Gasteiger charge is -2.23. The molecule has 1 unspecified atom stereocenters. The van der Waals surface area contributed by atoms with E-state index in [2.05, 4.69) is 25.2 Å². The zero-order chi connectivity index (χ0) is 20.4. The first-order chi connectivity index (χ1) is 13.6. The number of methoxy groups -OCH3 is 1. The Morgan fingerprint density at radius 2 is 1.64 bits per heavy atom. The Morgan fingerprint density at radius 1 is 0.964 bits per heavy atom. The molecule has 0 radical (unpaired) electrons. The third-order valence-corrected chi connectivity index (χ3v) is 4.58. The summed E-state index contributed by atoms with van der Waals surface area (Å²) in [5.41, 5.74) is 3.27. The van der Waals surface area contributed by atoms with E-state index in [0.717, 1.165) is 31.2 Å². The maximum absolute atomic E-state index is 12.8. The van der Waals surface area contributed by atoms with Crippen LogP contribution in [0.1, 0.15) is 71.9 Å². The number of unbranched alkanes of at least 4 members (excludes halogenated alkanes) is 1. The second kappa shape index (κ2) is 11.1. The Hall–Kier alpha value is -2.88. The molecule has 0 aliphatic carbocycles. The van der Waals surface area contributed by atoms with E-state index in [4.69, 9.17) is 4.74 Å². The van der Waals surface area contributed by atoms with Gasteiger partial charge in [0.25, 0.3) is 5.91 Å². The number of hydrogen-bond donors (Lipinski definition) is 1. The highest BCUT2D eigenvalue weighted by molar-refractivity contribution is 5.94. The fourth-order valence-electron chi connectivity index (χ4n) is 3.11. The van der Waals surface area contributed by atoms with Gasteiger partial charge in [-0.25, -0.2) is 4.79 Å². The maximum atomic E-state index is 12.8. The van der Waals surface area contributed by atoms with E-state index in [1.165, 1.54) is 12.7 Å². The summed E-state index contributed by atoms with van der Waals surface area (Å²) in [6.45, 7) is 4.28. The van der Waals surface area contributed by atoms with E-state index in [9.17, 15) is 9.59 Å². The van der Waals surface area contributed by atoms with E-state index in [1.807, 2.05) is 42.5 Å². The van der Waals surface area contributed by atoms with Crippen LogP contribution in [-0.4, -0.2) is 19.0 Å². The van der Waals surface area contributed by atoms with Crippen LogP contribution in [0.3, 0.4) is 0 Å². The van der Waals surface area contributed by atoms with Crippen LogP contribution < -0.4 is 5.32 Å². The van der Waals surface area contributed by atoms with E-state index < -0.39 is 0 Å². The molecule has 0 bridgehead atoms. The van der Waals surface area contributed by atoms with E-state index in [1.54, 1.807) is 12.1 Å². The monoisotopic (exact) mass is 379 g/mol. The van der Waals surface area contributed by atoms with E-state index in [0.29, 0.717) is 11.1 Å². The molecule has 0 fully saturated rings. The van der Waals surface area contributed by atoms with Crippen molar-refractivity contribution in [3.05, 3.63) is 82.9 Å². The summed E-state index contributed by atoms with van der Waals surface area (Å²) < 4.78 is 4.78. The van der Waals surface area contributed by atoms with Crippen LogP contribution in [0.2, 0.25) is 0 Å². The summed E-state index contributed by atoms with van der Waals surface area (Å²) in [6, 6.07) is 16.2. The highest BCUT2D eigenvalue weighted by Crippen LogP contribution is 2.27. The van der Waals surface area contributed by atoms with Crippen molar-refractivity contribution in [3.63, 3.8) is 0 Å². The molecule has 0 saturated heterocycles. The van der Waals surface area contributed by atoms with Crippen LogP contribution >= 0.6 is 0 Å². The second-order valence-corrected chi connectivity index (χ2v) is 6.70. The van der Waals surface area contributed by atoms with Crippen LogP contribution in [0.5, 0.6) is 0 Å². The quantitative estimate of drug-likeness (QED) is 0.464. The molecule has 0 spiro atoms. The van der Waals surface area contributed by atoms with Crippen LogP contribution in [-0.2, 0) is 4.74 Å². The topological polar surface area (TPSA) is 55.4 Å². The van der Waals surface area contributed by atoms with Gasteiger partial charge in [-0.1, -0.05) is 63.1 Å². The molecule has 0 aliphatic rings. The van der Waals surface area contributed by atoms with Crippen molar-refractivity contribution in [3.8, 4) is 0 Å². The number of hydrogen-bond acceptors (Lipinski definition) is 3. The molecule has 0 aromatic heterocycles. The summed E-state index contributed by atoms with van der Waals surface area (Å²) in [5.74, 6) is -0.479. The summed E-state index contributed by atoms with van der Waals surface area (Å²) in [6.07, 6.45) is 6.14. The number of nitrogens with one attached hydrogen (secondary N) is 1. The van der Waals surface area contributed by atoms with Crippen LogP contribution in [0.25, 0.3) is 0 Å². The van der Waals surface area contributed by atoms with Gasteiger partial charge in [0.1, 0.15) is 0 Å². The Morgan fingerprint density at radius 3 is 2.21 bits per heavy atom. The maximum Gasteiger partial charge on any atom is 0.337 e. The number of benzene rings is 2. The molecule has 2 aromatic carbocycles. The largest absolute Gasteiger partial charge is 0.465 e. The predicted molar refractivity (Wildman–Crippen MR) is 112 cm³/mol.